The van der Waals surface area contributed by atoms with Gasteiger partial charge in [0.2, 0.25) is 0 Å². The van der Waals surface area contributed by atoms with Gasteiger partial charge in [-0.3, -0.25) is 4.90 Å². The Labute approximate surface area is 95.9 Å². The third-order valence-electron chi connectivity index (χ3n) is 3.10. The van der Waals surface area contributed by atoms with E-state index in [0.29, 0.717) is 13.0 Å². The molecule has 84 valence electrons. The van der Waals surface area contributed by atoms with Gasteiger partial charge in [-0.25, -0.2) is 0 Å². The summed E-state index contributed by atoms with van der Waals surface area (Å²) < 4.78 is 0. The number of rotatable bonds is 3. The molecule has 1 unspecified atom stereocenters. The maximum atomic E-state index is 9.54. The minimum atomic E-state index is -0.232. The monoisotopic (exact) mass is 216 g/mol. The summed E-state index contributed by atoms with van der Waals surface area (Å²) in [7, 11) is 0. The van der Waals surface area contributed by atoms with Gasteiger partial charge in [0.25, 0.3) is 0 Å². The Kier molecular flexibility index (Phi) is 3.55. The smallest absolute Gasteiger partial charge is 0.0679 e. The highest BCUT2D eigenvalue weighted by atomic mass is 16.3. The predicted octanol–water partition coefficient (Wildman–Crippen LogP) is 1.71. The Morgan fingerprint density at radius 1 is 1.44 bits per heavy atom. The van der Waals surface area contributed by atoms with Crippen molar-refractivity contribution in [1.29, 1.82) is 5.26 Å². The van der Waals surface area contributed by atoms with Crippen LogP contribution < -0.4 is 0 Å². The molecular weight excluding hydrogens is 200 g/mol. The van der Waals surface area contributed by atoms with Gasteiger partial charge in [-0.1, -0.05) is 30.3 Å². The van der Waals surface area contributed by atoms with E-state index in [1.165, 1.54) is 0 Å². The number of aliphatic hydroxyl groups is 1. The summed E-state index contributed by atoms with van der Waals surface area (Å²) in [6.45, 7) is 1.56. The minimum Gasteiger partial charge on any atom is -0.392 e. The highest BCUT2D eigenvalue weighted by Gasteiger charge is 2.27. The SMILES string of the molecule is N#CCC(c1ccccc1)N1CC[C@H](O)C1. The van der Waals surface area contributed by atoms with Crippen LogP contribution in [0.25, 0.3) is 0 Å². The highest BCUT2D eigenvalue weighted by Crippen LogP contribution is 2.27. The lowest BCUT2D eigenvalue weighted by Gasteiger charge is -2.25. The van der Waals surface area contributed by atoms with Crippen molar-refractivity contribution in [3.8, 4) is 6.07 Å². The standard InChI is InChI=1S/C13H16N2O/c14-8-6-13(11-4-2-1-3-5-11)15-9-7-12(16)10-15/h1-5,12-13,16H,6-7,9-10H2/t12-,13?/m0/s1. The Bertz CT molecular complexity index is 371. The number of nitriles is 1. The molecule has 0 spiro atoms. The summed E-state index contributed by atoms with van der Waals surface area (Å²) in [5, 5.41) is 18.4. The zero-order valence-electron chi connectivity index (χ0n) is 9.21. The molecule has 16 heavy (non-hydrogen) atoms. The molecule has 3 heteroatoms. The maximum absolute atomic E-state index is 9.54. The molecule has 1 fully saturated rings. The topological polar surface area (TPSA) is 47.3 Å². The average molecular weight is 216 g/mol. The largest absolute Gasteiger partial charge is 0.392 e. The summed E-state index contributed by atoms with van der Waals surface area (Å²) in [5.41, 5.74) is 1.16. The lowest BCUT2D eigenvalue weighted by molar-refractivity contribution is 0.159. The Balaban J connectivity index is 2.15. The van der Waals surface area contributed by atoms with E-state index in [2.05, 4.69) is 11.0 Å². The summed E-state index contributed by atoms with van der Waals surface area (Å²) in [4.78, 5) is 2.20. The van der Waals surface area contributed by atoms with Crippen molar-refractivity contribution in [2.75, 3.05) is 13.1 Å². The van der Waals surface area contributed by atoms with Crippen molar-refractivity contribution in [2.24, 2.45) is 0 Å². The number of hydrogen-bond acceptors (Lipinski definition) is 3. The molecule has 1 aliphatic heterocycles. The van der Waals surface area contributed by atoms with Crippen LogP contribution in [0.1, 0.15) is 24.4 Å². The van der Waals surface area contributed by atoms with Crippen molar-refractivity contribution in [3.63, 3.8) is 0 Å². The first-order valence-electron chi connectivity index (χ1n) is 5.65. The zero-order chi connectivity index (χ0) is 11.4. The molecule has 0 aromatic heterocycles. The molecule has 1 N–H and O–H groups in total. The van der Waals surface area contributed by atoms with Crippen molar-refractivity contribution in [1.82, 2.24) is 4.90 Å². The average Bonchev–Trinajstić information content (AvgIpc) is 2.74. The van der Waals surface area contributed by atoms with Crippen LogP contribution >= 0.6 is 0 Å². The lowest BCUT2D eigenvalue weighted by atomic mass is 10.0. The van der Waals surface area contributed by atoms with Crippen LogP contribution in [0.3, 0.4) is 0 Å². The predicted molar refractivity (Wildman–Crippen MR) is 61.6 cm³/mol. The molecule has 0 saturated carbocycles. The summed E-state index contributed by atoms with van der Waals surface area (Å²) in [5.74, 6) is 0. The number of likely N-dealkylation sites (tertiary alicyclic amines) is 1. The Morgan fingerprint density at radius 3 is 2.75 bits per heavy atom. The molecule has 0 amide bonds. The first kappa shape index (κ1) is 11.1. The van der Waals surface area contributed by atoms with Crippen molar-refractivity contribution in [2.45, 2.75) is 25.0 Å². The molecule has 1 aliphatic rings. The number of aliphatic hydroxyl groups excluding tert-OH is 1. The second-order valence-electron chi connectivity index (χ2n) is 4.23. The van der Waals surface area contributed by atoms with Gasteiger partial charge < -0.3 is 5.11 Å². The molecule has 0 radical (unpaired) electrons. The Morgan fingerprint density at radius 2 is 2.19 bits per heavy atom. The van der Waals surface area contributed by atoms with E-state index >= 15 is 0 Å². The van der Waals surface area contributed by atoms with E-state index in [1.54, 1.807) is 0 Å². The summed E-state index contributed by atoms with van der Waals surface area (Å²) in [6.07, 6.45) is 1.07. The van der Waals surface area contributed by atoms with Gasteiger partial charge in [0.15, 0.2) is 0 Å². The molecule has 0 bridgehead atoms. The van der Waals surface area contributed by atoms with Crippen LogP contribution in [-0.2, 0) is 0 Å². The molecule has 2 rings (SSSR count). The van der Waals surface area contributed by atoms with E-state index in [0.717, 1.165) is 18.5 Å². The van der Waals surface area contributed by atoms with Crippen LogP contribution in [-0.4, -0.2) is 29.2 Å². The first-order valence-corrected chi connectivity index (χ1v) is 5.65. The van der Waals surface area contributed by atoms with Crippen LogP contribution in [0, 0.1) is 11.3 Å². The normalized spacial score (nSPS) is 22.9. The number of β-amino-alcohol motifs (C(OH)–C–C–N with tert-alkyl or cyclic N) is 1. The second kappa shape index (κ2) is 5.11. The van der Waals surface area contributed by atoms with Gasteiger partial charge in [0.05, 0.1) is 18.6 Å². The van der Waals surface area contributed by atoms with Gasteiger partial charge >= 0.3 is 0 Å². The lowest BCUT2D eigenvalue weighted by Crippen LogP contribution is -2.27. The molecule has 2 atom stereocenters. The van der Waals surface area contributed by atoms with E-state index in [1.807, 2.05) is 30.3 Å². The van der Waals surface area contributed by atoms with Crippen LogP contribution in [0.15, 0.2) is 30.3 Å². The van der Waals surface area contributed by atoms with E-state index < -0.39 is 0 Å². The maximum Gasteiger partial charge on any atom is 0.0679 e. The van der Waals surface area contributed by atoms with Crippen LogP contribution in [0.4, 0.5) is 0 Å². The minimum absolute atomic E-state index is 0.128. The quantitative estimate of drug-likeness (QED) is 0.836. The van der Waals surface area contributed by atoms with Gasteiger partial charge in [-0.05, 0) is 12.0 Å². The first-order chi connectivity index (χ1) is 7.81. The number of hydrogen-bond donors (Lipinski definition) is 1. The molecular formula is C13H16N2O. The highest BCUT2D eigenvalue weighted by molar-refractivity contribution is 5.20. The number of benzene rings is 1. The third-order valence-corrected chi connectivity index (χ3v) is 3.10. The van der Waals surface area contributed by atoms with Crippen molar-refractivity contribution < 1.29 is 5.11 Å². The molecule has 1 aromatic carbocycles. The van der Waals surface area contributed by atoms with E-state index in [9.17, 15) is 5.11 Å². The fourth-order valence-electron chi connectivity index (χ4n) is 2.27. The van der Waals surface area contributed by atoms with E-state index in [4.69, 9.17) is 5.26 Å². The van der Waals surface area contributed by atoms with Gasteiger partial charge in [-0.2, -0.15) is 5.26 Å². The van der Waals surface area contributed by atoms with Crippen LogP contribution in [0.5, 0.6) is 0 Å². The Hall–Kier alpha value is -1.37. The second-order valence-corrected chi connectivity index (χ2v) is 4.23. The van der Waals surface area contributed by atoms with Gasteiger partial charge in [0, 0.05) is 19.1 Å². The van der Waals surface area contributed by atoms with Crippen LogP contribution in [0.2, 0.25) is 0 Å². The molecule has 3 nitrogen and oxygen atoms in total. The third kappa shape index (κ3) is 2.41. The molecule has 1 heterocycles. The summed E-state index contributed by atoms with van der Waals surface area (Å²) >= 11 is 0. The van der Waals surface area contributed by atoms with Crippen molar-refractivity contribution in [3.05, 3.63) is 35.9 Å². The fraction of sp³-hybridized carbons (Fsp3) is 0.462. The van der Waals surface area contributed by atoms with Crippen molar-refractivity contribution >= 4 is 0 Å². The van der Waals surface area contributed by atoms with Gasteiger partial charge in [-0.15, -0.1) is 0 Å². The zero-order valence-corrected chi connectivity index (χ0v) is 9.21. The number of nitrogens with zero attached hydrogens (tertiary/aromatic N) is 2. The molecule has 0 aliphatic carbocycles. The summed E-state index contributed by atoms with van der Waals surface area (Å²) in [6, 6.07) is 12.4. The fourth-order valence-corrected chi connectivity index (χ4v) is 2.27. The molecule has 1 aromatic rings. The van der Waals surface area contributed by atoms with E-state index in [-0.39, 0.29) is 12.1 Å². The van der Waals surface area contributed by atoms with Gasteiger partial charge in [0.1, 0.15) is 0 Å². The molecule has 1 saturated heterocycles.